The normalized spacial score (nSPS) is 13.9. The number of hydrogen-bond donors (Lipinski definition) is 0. The molecule has 0 spiro atoms. The van der Waals surface area contributed by atoms with Crippen LogP contribution in [0.2, 0.25) is 0 Å². The van der Waals surface area contributed by atoms with Gasteiger partial charge in [-0.1, -0.05) is 231 Å². The molecule has 0 amide bonds. The lowest BCUT2D eigenvalue weighted by molar-refractivity contribution is 0.714. The highest BCUT2D eigenvalue weighted by atomic mass is 15.1. The van der Waals surface area contributed by atoms with Crippen molar-refractivity contribution >= 4 is 49.4 Å². The molecule has 0 heterocycles. The van der Waals surface area contributed by atoms with E-state index in [0.29, 0.717) is 0 Å². The first-order chi connectivity index (χ1) is 34.1. The van der Waals surface area contributed by atoms with Crippen molar-refractivity contribution in [2.45, 2.75) is 12.3 Å². The summed E-state index contributed by atoms with van der Waals surface area (Å²) in [6, 6.07) is 98.5. The lowest BCUT2D eigenvalue weighted by Crippen LogP contribution is -2.22. The summed E-state index contributed by atoms with van der Waals surface area (Å²) in [5.41, 5.74) is 19.1. The maximum atomic E-state index is 2.48. The third-order valence-electron chi connectivity index (χ3n) is 14.7. The van der Waals surface area contributed by atoms with Crippen molar-refractivity contribution in [2.24, 2.45) is 0 Å². The molecule has 1 nitrogen and oxygen atoms in total. The number of benzene rings is 12. The Hall–Kier alpha value is -8.78. The number of anilines is 3. The van der Waals surface area contributed by atoms with Crippen molar-refractivity contribution in [1.82, 2.24) is 0 Å². The molecule has 0 fully saturated rings. The second-order valence-electron chi connectivity index (χ2n) is 18.5. The number of fused-ring (bicyclic) bond motifs is 7. The molecule has 1 heteroatoms. The smallest absolute Gasteiger partial charge is 0.0540 e. The van der Waals surface area contributed by atoms with E-state index in [2.05, 4.69) is 279 Å². The summed E-state index contributed by atoms with van der Waals surface area (Å²) in [6.07, 6.45) is 0. The van der Waals surface area contributed by atoms with Crippen molar-refractivity contribution in [3.8, 4) is 55.6 Å². The molecule has 324 valence electrons. The highest BCUT2D eigenvalue weighted by Gasteiger charge is 2.41. The van der Waals surface area contributed by atoms with E-state index in [9.17, 15) is 0 Å². The van der Waals surface area contributed by atoms with Gasteiger partial charge in [0, 0.05) is 22.4 Å². The van der Waals surface area contributed by atoms with Gasteiger partial charge in [-0.25, -0.2) is 0 Å². The summed E-state index contributed by atoms with van der Waals surface area (Å²) in [5.74, 6) is 0. The molecule has 1 atom stereocenters. The van der Waals surface area contributed by atoms with Crippen LogP contribution in [0.5, 0.6) is 0 Å². The molecular formula is C68H47N. The largest absolute Gasteiger partial charge is 0.310 e. The van der Waals surface area contributed by atoms with Crippen LogP contribution in [-0.2, 0) is 5.41 Å². The summed E-state index contributed by atoms with van der Waals surface area (Å²) in [5, 5.41) is 7.46. The Bertz CT molecular complexity index is 3890. The average molecular weight is 878 g/mol. The lowest BCUT2D eigenvalue weighted by atomic mass is 9.74. The maximum Gasteiger partial charge on any atom is 0.0540 e. The van der Waals surface area contributed by atoms with Crippen LogP contribution in [0.1, 0.15) is 23.6 Å². The zero-order valence-electron chi connectivity index (χ0n) is 38.4. The van der Waals surface area contributed by atoms with Crippen molar-refractivity contribution in [3.05, 3.63) is 284 Å². The average Bonchev–Trinajstić information content (AvgIpc) is 3.69. The molecule has 69 heavy (non-hydrogen) atoms. The van der Waals surface area contributed by atoms with Gasteiger partial charge in [0.25, 0.3) is 0 Å². The van der Waals surface area contributed by atoms with Gasteiger partial charge in [-0.3, -0.25) is 0 Å². The van der Waals surface area contributed by atoms with Gasteiger partial charge in [-0.05, 0) is 142 Å². The van der Waals surface area contributed by atoms with Crippen LogP contribution >= 0.6 is 0 Å². The second kappa shape index (κ2) is 16.5. The molecule has 12 aromatic carbocycles. The number of nitrogens with zero attached hydrogens (tertiary/aromatic N) is 1. The first-order valence-electron chi connectivity index (χ1n) is 24.0. The molecule has 1 aliphatic carbocycles. The minimum absolute atomic E-state index is 0.349. The van der Waals surface area contributed by atoms with Gasteiger partial charge in [0.05, 0.1) is 5.69 Å². The molecular weight excluding hydrogens is 831 g/mol. The third kappa shape index (κ3) is 6.61. The van der Waals surface area contributed by atoms with Gasteiger partial charge in [-0.15, -0.1) is 0 Å². The number of hydrogen-bond acceptors (Lipinski definition) is 1. The highest BCUT2D eigenvalue weighted by Crippen LogP contribution is 2.55. The lowest BCUT2D eigenvalue weighted by Gasteiger charge is -2.31. The third-order valence-corrected chi connectivity index (χ3v) is 14.7. The fourth-order valence-electron chi connectivity index (χ4n) is 11.5. The molecule has 0 saturated carbocycles. The molecule has 0 saturated heterocycles. The van der Waals surface area contributed by atoms with Gasteiger partial charge in [0.2, 0.25) is 0 Å². The van der Waals surface area contributed by atoms with Crippen LogP contribution in [0.25, 0.3) is 88.0 Å². The van der Waals surface area contributed by atoms with Crippen molar-refractivity contribution < 1.29 is 0 Å². The van der Waals surface area contributed by atoms with Crippen LogP contribution in [0.4, 0.5) is 17.1 Å². The standard InChI is InChI=1S/C68H47N/c1-68(51-26-9-4-10-27-51)63-34-17-15-31-59(63)60-43-41-53(45-64(60)68)69(52-39-36-47(37-40-52)55-33-19-25-46-20-11-12-28-54(46)55)65-35-18-16-29-56(65)50-38-42-58-57-30-13-14-32-61(57)66(48-21-5-2-6-22-48)67(62(58)44-50)49-23-7-3-8-24-49/h2-45H,1H3. The molecule has 13 rings (SSSR count). The van der Waals surface area contributed by atoms with Crippen LogP contribution in [0, 0.1) is 0 Å². The molecule has 0 radical (unpaired) electrons. The highest BCUT2D eigenvalue weighted by molar-refractivity contribution is 6.22. The minimum Gasteiger partial charge on any atom is -0.310 e. The molecule has 1 aliphatic rings. The topological polar surface area (TPSA) is 3.24 Å². The van der Waals surface area contributed by atoms with Crippen LogP contribution in [0.3, 0.4) is 0 Å². The van der Waals surface area contributed by atoms with Crippen molar-refractivity contribution in [1.29, 1.82) is 0 Å². The van der Waals surface area contributed by atoms with Crippen LogP contribution in [0.15, 0.2) is 267 Å². The second-order valence-corrected chi connectivity index (χ2v) is 18.5. The Kier molecular flexibility index (Phi) is 9.70. The Morgan fingerprint density at radius 2 is 0.812 bits per heavy atom. The molecule has 0 aromatic heterocycles. The summed E-state index contributed by atoms with van der Waals surface area (Å²) >= 11 is 0. The Balaban J connectivity index is 1.05. The van der Waals surface area contributed by atoms with E-state index in [1.54, 1.807) is 0 Å². The van der Waals surface area contributed by atoms with E-state index in [1.165, 1.54) is 93.5 Å². The SMILES string of the molecule is CC1(c2ccccc2)c2ccccc2-c2ccc(N(c3ccc(-c4cccc5ccccc45)cc3)c3ccccc3-c3ccc4c(c3)c(-c3ccccc3)c(-c3ccccc3)c3ccccc34)cc21. The maximum absolute atomic E-state index is 2.48. The molecule has 0 bridgehead atoms. The van der Waals surface area contributed by atoms with Crippen LogP contribution < -0.4 is 4.90 Å². The Morgan fingerprint density at radius 1 is 0.290 bits per heavy atom. The van der Waals surface area contributed by atoms with Gasteiger partial charge in [-0.2, -0.15) is 0 Å². The summed E-state index contributed by atoms with van der Waals surface area (Å²) in [6.45, 7) is 2.40. The zero-order chi connectivity index (χ0) is 45.9. The summed E-state index contributed by atoms with van der Waals surface area (Å²) in [7, 11) is 0. The molecule has 0 aliphatic heterocycles. The van der Waals surface area contributed by atoms with E-state index in [1.807, 2.05) is 0 Å². The first-order valence-corrected chi connectivity index (χ1v) is 24.0. The van der Waals surface area contributed by atoms with Gasteiger partial charge < -0.3 is 4.90 Å². The van der Waals surface area contributed by atoms with E-state index in [4.69, 9.17) is 0 Å². The van der Waals surface area contributed by atoms with Crippen molar-refractivity contribution in [2.75, 3.05) is 4.90 Å². The molecule has 1 unspecified atom stereocenters. The van der Waals surface area contributed by atoms with Gasteiger partial charge >= 0.3 is 0 Å². The zero-order valence-corrected chi connectivity index (χ0v) is 38.4. The quantitative estimate of drug-likeness (QED) is 0.138. The van der Waals surface area contributed by atoms with E-state index in [0.717, 1.165) is 28.2 Å². The summed E-state index contributed by atoms with van der Waals surface area (Å²) in [4.78, 5) is 2.48. The predicted octanol–water partition coefficient (Wildman–Crippen LogP) is 18.6. The van der Waals surface area contributed by atoms with E-state index >= 15 is 0 Å². The fraction of sp³-hybridized carbons (Fsp3) is 0.0294. The number of rotatable bonds is 8. The fourth-order valence-corrected chi connectivity index (χ4v) is 11.5. The Labute approximate surface area is 403 Å². The predicted molar refractivity (Wildman–Crippen MR) is 293 cm³/mol. The number of para-hydroxylation sites is 1. The Morgan fingerprint density at radius 3 is 1.57 bits per heavy atom. The van der Waals surface area contributed by atoms with Gasteiger partial charge in [0.1, 0.15) is 0 Å². The molecule has 0 N–H and O–H groups in total. The van der Waals surface area contributed by atoms with E-state index in [-0.39, 0.29) is 5.41 Å². The van der Waals surface area contributed by atoms with E-state index < -0.39 is 0 Å². The summed E-state index contributed by atoms with van der Waals surface area (Å²) < 4.78 is 0. The first kappa shape index (κ1) is 40.5. The molecule has 12 aromatic rings. The minimum atomic E-state index is -0.349. The van der Waals surface area contributed by atoms with Crippen molar-refractivity contribution in [3.63, 3.8) is 0 Å². The van der Waals surface area contributed by atoms with Gasteiger partial charge in [0.15, 0.2) is 0 Å². The monoisotopic (exact) mass is 877 g/mol. The van der Waals surface area contributed by atoms with Crippen LogP contribution in [-0.4, -0.2) is 0 Å².